The van der Waals surface area contributed by atoms with Crippen molar-refractivity contribution in [2.45, 2.75) is 51.4 Å². The summed E-state index contributed by atoms with van der Waals surface area (Å²) in [5.41, 5.74) is 9.51. The fourth-order valence-electron chi connectivity index (χ4n) is 10.4. The van der Waals surface area contributed by atoms with Gasteiger partial charge in [-0.3, -0.25) is 0 Å². The molecular weight excluding hydrogens is 585 g/mol. The number of hydrogen-bond acceptors (Lipinski definition) is 1. The Labute approximate surface area is 282 Å². The lowest BCUT2D eigenvalue weighted by molar-refractivity contribution is 0.123. The van der Waals surface area contributed by atoms with Crippen LogP contribution in [0.3, 0.4) is 0 Å². The van der Waals surface area contributed by atoms with Crippen molar-refractivity contribution < 1.29 is 0 Å². The first-order valence-corrected chi connectivity index (χ1v) is 19.0. The van der Waals surface area contributed by atoms with Gasteiger partial charge in [0.1, 0.15) is 0 Å². The first-order chi connectivity index (χ1) is 23.3. The van der Waals surface area contributed by atoms with Crippen LogP contribution in [0.1, 0.15) is 51.4 Å². The van der Waals surface area contributed by atoms with Crippen LogP contribution in [0.15, 0.2) is 143 Å². The maximum Gasteiger partial charge on any atom is 0.0433 e. The molecule has 47 heavy (non-hydrogen) atoms. The van der Waals surface area contributed by atoms with E-state index in [1.807, 2.05) is 0 Å². The van der Waals surface area contributed by atoms with Crippen molar-refractivity contribution in [2.75, 3.05) is 0 Å². The molecule has 0 spiro atoms. The molecule has 6 atom stereocenters. The van der Waals surface area contributed by atoms with Crippen molar-refractivity contribution >= 4 is 43.8 Å². The maximum absolute atomic E-state index is 2.71. The molecule has 7 aliphatic carbocycles. The van der Waals surface area contributed by atoms with E-state index in [2.05, 4.69) is 133 Å². The Bertz CT molecular complexity index is 2230. The molecular formula is C46H42S. The van der Waals surface area contributed by atoms with E-state index in [4.69, 9.17) is 0 Å². The molecule has 1 heteroatoms. The number of benzene rings is 2. The van der Waals surface area contributed by atoms with Crippen molar-refractivity contribution in [2.24, 2.45) is 35.5 Å². The van der Waals surface area contributed by atoms with Crippen LogP contribution in [0, 0.1) is 35.5 Å². The Morgan fingerprint density at radius 2 is 1.68 bits per heavy atom. The Hall–Kier alpha value is -3.94. The van der Waals surface area contributed by atoms with Gasteiger partial charge in [0.25, 0.3) is 0 Å². The molecule has 0 radical (unpaired) electrons. The van der Waals surface area contributed by atoms with Crippen LogP contribution >= 0.6 is 11.3 Å². The Morgan fingerprint density at radius 3 is 2.68 bits per heavy atom. The highest BCUT2D eigenvalue weighted by molar-refractivity contribution is 7.18. The molecule has 1 aromatic heterocycles. The van der Waals surface area contributed by atoms with Gasteiger partial charge in [0.05, 0.1) is 0 Å². The summed E-state index contributed by atoms with van der Waals surface area (Å²) in [5.74, 6) is 3.80. The monoisotopic (exact) mass is 626 g/mol. The second-order valence-corrected chi connectivity index (χ2v) is 15.8. The van der Waals surface area contributed by atoms with Gasteiger partial charge in [-0.2, -0.15) is 0 Å². The fourth-order valence-corrected chi connectivity index (χ4v) is 11.8. The summed E-state index contributed by atoms with van der Waals surface area (Å²) in [6.45, 7) is 0. The minimum Gasteiger partial charge on any atom is -0.134 e. The normalized spacial score (nSPS) is 30.7. The zero-order valence-corrected chi connectivity index (χ0v) is 27.9. The van der Waals surface area contributed by atoms with Crippen molar-refractivity contribution in [1.82, 2.24) is 0 Å². The zero-order valence-electron chi connectivity index (χ0n) is 27.1. The molecule has 10 rings (SSSR count). The lowest BCUT2D eigenvalue weighted by Crippen LogP contribution is -2.43. The topological polar surface area (TPSA) is 0 Å². The first-order valence-electron chi connectivity index (χ1n) is 18.2. The van der Waals surface area contributed by atoms with Gasteiger partial charge in [0.15, 0.2) is 0 Å². The average molecular weight is 627 g/mol. The molecule has 232 valence electrons. The van der Waals surface area contributed by atoms with Crippen LogP contribution in [0.4, 0.5) is 0 Å². The van der Waals surface area contributed by atoms with Gasteiger partial charge in [-0.25, -0.2) is 0 Å². The maximum atomic E-state index is 2.71. The zero-order chi connectivity index (χ0) is 30.9. The van der Waals surface area contributed by atoms with E-state index in [1.165, 1.54) is 81.3 Å². The summed E-state index contributed by atoms with van der Waals surface area (Å²) >= 11 is 2.08. The molecule has 7 aliphatic rings. The van der Waals surface area contributed by atoms with Gasteiger partial charge in [-0.1, -0.05) is 121 Å². The highest BCUT2D eigenvalue weighted by atomic mass is 32.1. The lowest BCUT2D eigenvalue weighted by atomic mass is 9.54. The van der Waals surface area contributed by atoms with Gasteiger partial charge in [-0.15, -0.1) is 11.3 Å². The predicted molar refractivity (Wildman–Crippen MR) is 201 cm³/mol. The Morgan fingerprint density at radius 1 is 0.723 bits per heavy atom. The van der Waals surface area contributed by atoms with Crippen molar-refractivity contribution in [1.29, 1.82) is 0 Å². The van der Waals surface area contributed by atoms with E-state index in [9.17, 15) is 0 Å². The second-order valence-electron chi connectivity index (χ2n) is 14.8. The van der Waals surface area contributed by atoms with E-state index in [-0.39, 0.29) is 0 Å². The van der Waals surface area contributed by atoms with Gasteiger partial charge >= 0.3 is 0 Å². The van der Waals surface area contributed by atoms with E-state index >= 15 is 0 Å². The highest BCUT2D eigenvalue weighted by Crippen LogP contribution is 2.56. The standard InChI is InChI=1S/C46H42S/c1-2-13-31-27-33(24-23-29(31)11-1)32-14-9-15-34(28-32)43-36-17-5-7-19-38(36)44(39-20-8-6-18-37(39)43)42-22-10-21-40-41-26-25-30-12-3-4-16-35(30)45(41)47-46(40)42/h1-5,7-9,11-14,16,20-21,24-29,34,36-38,43H,6,10,15,17-19,22-23H2. The summed E-state index contributed by atoms with van der Waals surface area (Å²) in [5, 5.41) is 5.74. The van der Waals surface area contributed by atoms with E-state index < -0.39 is 0 Å². The van der Waals surface area contributed by atoms with Gasteiger partial charge < -0.3 is 0 Å². The van der Waals surface area contributed by atoms with E-state index in [1.54, 1.807) is 21.3 Å². The SMILES string of the molecule is C1=CC2=CC(C3=CC(C4C5CCC=CC5=C(C5=c6sc7c(ccc8ccccc87)c6=CCC5)C5CC=CCC54)CC=C3)=CCC2C=C1. The fraction of sp³-hybridized carbons (Fsp3) is 0.304. The molecule has 0 fully saturated rings. The number of allylic oxidation sites excluding steroid dienone is 18. The molecule has 0 saturated heterocycles. The third kappa shape index (κ3) is 4.53. The van der Waals surface area contributed by atoms with Gasteiger partial charge in [0.2, 0.25) is 0 Å². The lowest BCUT2D eigenvalue weighted by Gasteiger charge is -2.50. The smallest absolute Gasteiger partial charge is 0.0433 e. The summed E-state index contributed by atoms with van der Waals surface area (Å²) in [4.78, 5) is 0. The molecule has 0 bridgehead atoms. The molecule has 2 aromatic carbocycles. The molecule has 6 unspecified atom stereocenters. The first kappa shape index (κ1) is 28.1. The van der Waals surface area contributed by atoms with Crippen LogP contribution in [0.2, 0.25) is 0 Å². The number of thiophene rings is 1. The number of fused-ring (bicyclic) bond motifs is 8. The molecule has 0 amide bonds. The van der Waals surface area contributed by atoms with Crippen LogP contribution < -0.4 is 9.75 Å². The Kier molecular flexibility index (Phi) is 6.78. The predicted octanol–water partition coefficient (Wildman–Crippen LogP) is 10.8. The summed E-state index contributed by atoms with van der Waals surface area (Å²) in [7, 11) is 0. The Balaban J connectivity index is 1.12. The number of hydrogen-bond donors (Lipinski definition) is 0. The quantitative estimate of drug-likeness (QED) is 0.254. The third-order valence-corrected chi connectivity index (χ3v) is 13.8. The third-order valence-electron chi connectivity index (χ3n) is 12.4. The minimum absolute atomic E-state index is 0.552. The van der Waals surface area contributed by atoms with Gasteiger partial charge in [-0.05, 0) is 130 Å². The van der Waals surface area contributed by atoms with E-state index in [0.717, 1.165) is 12.8 Å². The van der Waals surface area contributed by atoms with Crippen LogP contribution in [0.5, 0.6) is 0 Å². The van der Waals surface area contributed by atoms with Crippen molar-refractivity contribution in [3.05, 3.63) is 153 Å². The minimum atomic E-state index is 0.552. The average Bonchev–Trinajstić information content (AvgIpc) is 3.53. The summed E-state index contributed by atoms with van der Waals surface area (Å²) in [6.07, 6.45) is 44.0. The summed E-state index contributed by atoms with van der Waals surface area (Å²) in [6, 6.07) is 13.7. The van der Waals surface area contributed by atoms with Crippen LogP contribution in [-0.4, -0.2) is 0 Å². The molecule has 0 N–H and O–H groups in total. The van der Waals surface area contributed by atoms with Crippen molar-refractivity contribution in [3.8, 4) is 0 Å². The molecule has 0 nitrogen and oxygen atoms in total. The van der Waals surface area contributed by atoms with Crippen LogP contribution in [-0.2, 0) is 0 Å². The van der Waals surface area contributed by atoms with Crippen molar-refractivity contribution in [3.63, 3.8) is 0 Å². The molecule has 3 aromatic rings. The second kappa shape index (κ2) is 11.3. The number of rotatable bonds is 3. The summed E-state index contributed by atoms with van der Waals surface area (Å²) < 4.78 is 3.04. The molecule has 0 saturated carbocycles. The van der Waals surface area contributed by atoms with E-state index in [0.29, 0.717) is 35.5 Å². The molecule has 1 heterocycles. The molecule has 0 aliphatic heterocycles. The van der Waals surface area contributed by atoms with Gasteiger partial charge in [0, 0.05) is 20.5 Å². The van der Waals surface area contributed by atoms with Crippen LogP contribution in [0.25, 0.3) is 32.5 Å². The highest BCUT2D eigenvalue weighted by Gasteiger charge is 2.47. The largest absolute Gasteiger partial charge is 0.134 e.